The van der Waals surface area contributed by atoms with Crippen molar-refractivity contribution in [2.45, 2.75) is 19.4 Å². The van der Waals surface area contributed by atoms with Crippen LogP contribution >= 0.6 is 0 Å². The van der Waals surface area contributed by atoms with Crippen molar-refractivity contribution in [3.05, 3.63) is 0 Å². The van der Waals surface area contributed by atoms with E-state index in [0.29, 0.717) is 12.6 Å². The number of alkyl halides is 2. The Balaban J connectivity index is 0.000000288. The number of carbonyl (C=O) groups excluding carboxylic acids is 1. The van der Waals surface area contributed by atoms with E-state index in [2.05, 4.69) is 4.89 Å². The van der Waals surface area contributed by atoms with Gasteiger partial charge in [0, 0.05) is 19.6 Å². The van der Waals surface area contributed by atoms with Gasteiger partial charge < -0.3 is 10.6 Å². The summed E-state index contributed by atoms with van der Waals surface area (Å²) in [5.74, 6) is 0.278. The van der Waals surface area contributed by atoms with E-state index < -0.39 is 13.0 Å². The first kappa shape index (κ1) is 14.2. The molecule has 1 fully saturated rings. The molecule has 1 aliphatic heterocycles. The van der Waals surface area contributed by atoms with Crippen LogP contribution in [-0.2, 0) is 9.68 Å². The maximum atomic E-state index is 10.8. The maximum Gasteiger partial charge on any atom is 0.264 e. The zero-order valence-electron chi connectivity index (χ0n) is 8.69. The summed E-state index contributed by atoms with van der Waals surface area (Å²) >= 11 is 0. The average molecular weight is 226 g/mol. The van der Waals surface area contributed by atoms with Gasteiger partial charge in [-0.05, 0) is 6.92 Å². The van der Waals surface area contributed by atoms with Crippen molar-refractivity contribution in [3.8, 4) is 0 Å². The third-order valence-electron chi connectivity index (χ3n) is 2.31. The second kappa shape index (κ2) is 6.65. The van der Waals surface area contributed by atoms with Gasteiger partial charge in [-0.3, -0.25) is 10.1 Å². The molecule has 15 heavy (non-hydrogen) atoms. The van der Waals surface area contributed by atoms with Crippen molar-refractivity contribution in [1.29, 1.82) is 0 Å². The topological polar surface area (TPSA) is 75.8 Å². The summed E-state index contributed by atoms with van der Waals surface area (Å²) in [5, 5.41) is 7.26. The molecule has 0 radical (unpaired) electrons. The van der Waals surface area contributed by atoms with Crippen LogP contribution in [-0.4, -0.2) is 48.7 Å². The zero-order chi connectivity index (χ0) is 12.0. The summed E-state index contributed by atoms with van der Waals surface area (Å²) < 4.78 is 21.5. The minimum atomic E-state index is -2.57. The molecule has 0 saturated carbocycles. The molecule has 3 N–H and O–H groups in total. The highest BCUT2D eigenvalue weighted by Gasteiger charge is 2.40. The maximum absolute atomic E-state index is 10.8. The first-order valence-electron chi connectivity index (χ1n) is 4.46. The van der Waals surface area contributed by atoms with Crippen LogP contribution in [0.2, 0.25) is 0 Å². The summed E-state index contributed by atoms with van der Waals surface area (Å²) in [7, 11) is 1.80. The molecule has 1 rings (SSSR count). The normalized spacial score (nSPS) is 24.7. The molecule has 0 spiro atoms. The molecule has 1 heterocycles. The molecule has 0 aromatic rings. The number of nitrogens with two attached hydrogens (primary N) is 1. The number of hydrogen-bond acceptors (Lipinski definition) is 4. The Kier molecular flexibility index (Phi) is 6.30. The molecule has 0 aliphatic carbocycles. The van der Waals surface area contributed by atoms with Crippen LogP contribution in [0.1, 0.15) is 6.92 Å². The molecule has 1 aliphatic rings. The highest BCUT2D eigenvalue weighted by atomic mass is 19.3. The predicted molar refractivity (Wildman–Crippen MR) is 49.4 cm³/mol. The highest BCUT2D eigenvalue weighted by Crippen LogP contribution is 2.22. The lowest BCUT2D eigenvalue weighted by atomic mass is 9.90. The van der Waals surface area contributed by atoms with Crippen molar-refractivity contribution in [2.24, 2.45) is 11.7 Å². The largest absolute Gasteiger partial charge is 0.342 e. The SMILES string of the molecule is CC1C(CN)C(=O)N1C.OOCC(F)F. The standard InChI is InChI=1S/C6H12N2O.C2H4F2O2/c1-4-5(3-7)6(9)8(4)2;3-2(4)1-6-5/h4-5H,3,7H2,1-2H3;2,5H,1H2. The van der Waals surface area contributed by atoms with Gasteiger partial charge in [0.1, 0.15) is 6.61 Å². The predicted octanol–water partition coefficient (Wildman–Crippen LogP) is 0.163. The fourth-order valence-electron chi connectivity index (χ4n) is 1.21. The van der Waals surface area contributed by atoms with E-state index in [1.807, 2.05) is 6.92 Å². The third-order valence-corrected chi connectivity index (χ3v) is 2.31. The van der Waals surface area contributed by atoms with Crippen molar-refractivity contribution >= 4 is 5.91 Å². The summed E-state index contributed by atoms with van der Waals surface area (Å²) in [6, 6.07) is 0.350. The van der Waals surface area contributed by atoms with Crippen molar-refractivity contribution in [1.82, 2.24) is 4.90 Å². The number of rotatable bonds is 3. The van der Waals surface area contributed by atoms with Crippen LogP contribution in [0.5, 0.6) is 0 Å². The lowest BCUT2D eigenvalue weighted by molar-refractivity contribution is -0.260. The lowest BCUT2D eigenvalue weighted by Gasteiger charge is -2.42. The minimum Gasteiger partial charge on any atom is -0.342 e. The molecule has 1 saturated heterocycles. The molecule has 0 aromatic heterocycles. The summed E-state index contributed by atoms with van der Waals surface area (Å²) in [6.07, 6.45) is -2.57. The van der Waals surface area contributed by atoms with E-state index in [1.165, 1.54) is 0 Å². The Hall–Kier alpha value is -0.790. The smallest absolute Gasteiger partial charge is 0.264 e. The summed E-state index contributed by atoms with van der Waals surface area (Å²) in [5.41, 5.74) is 5.33. The first-order valence-corrected chi connectivity index (χ1v) is 4.46. The number of likely N-dealkylation sites (tertiary alicyclic amines) is 1. The molecular weight excluding hydrogens is 210 g/mol. The number of amides is 1. The quantitative estimate of drug-likeness (QED) is 0.408. The monoisotopic (exact) mass is 226 g/mol. The van der Waals surface area contributed by atoms with E-state index in [-0.39, 0.29) is 11.8 Å². The number of halogens is 2. The van der Waals surface area contributed by atoms with Crippen molar-refractivity contribution in [2.75, 3.05) is 20.2 Å². The number of β-lactam (4-membered cyclic amide) rings is 1. The Morgan fingerprint density at radius 2 is 2.20 bits per heavy atom. The molecule has 5 nitrogen and oxygen atoms in total. The Morgan fingerprint density at radius 3 is 2.33 bits per heavy atom. The van der Waals surface area contributed by atoms with E-state index in [0.717, 1.165) is 0 Å². The van der Waals surface area contributed by atoms with Crippen molar-refractivity contribution in [3.63, 3.8) is 0 Å². The minimum absolute atomic E-state index is 0.0926. The fourth-order valence-corrected chi connectivity index (χ4v) is 1.21. The van der Waals surface area contributed by atoms with Gasteiger partial charge in [0.25, 0.3) is 6.43 Å². The Bertz CT molecular complexity index is 204. The molecular formula is C8H16F2N2O3. The molecule has 90 valence electrons. The van der Waals surface area contributed by atoms with Crippen molar-refractivity contribution < 1.29 is 23.7 Å². The molecule has 7 heteroatoms. The van der Waals surface area contributed by atoms with Gasteiger partial charge in [0.05, 0.1) is 5.92 Å². The van der Waals surface area contributed by atoms with Crippen LogP contribution < -0.4 is 5.73 Å². The van der Waals surface area contributed by atoms with Crippen LogP contribution in [0.4, 0.5) is 8.78 Å². The van der Waals surface area contributed by atoms with Gasteiger partial charge in [-0.15, -0.1) is 0 Å². The number of nitrogens with zero attached hydrogens (tertiary/aromatic N) is 1. The van der Waals surface area contributed by atoms with E-state index in [4.69, 9.17) is 11.0 Å². The Morgan fingerprint density at radius 1 is 1.67 bits per heavy atom. The van der Waals surface area contributed by atoms with Crippen LogP contribution in [0.25, 0.3) is 0 Å². The Labute approximate surface area is 86.7 Å². The van der Waals surface area contributed by atoms with Gasteiger partial charge >= 0.3 is 0 Å². The third kappa shape index (κ3) is 4.06. The lowest BCUT2D eigenvalue weighted by Crippen LogP contribution is -2.59. The molecule has 1 amide bonds. The van der Waals surface area contributed by atoms with Gasteiger partial charge in [0.15, 0.2) is 0 Å². The average Bonchev–Trinajstić information content (AvgIpc) is 2.19. The second-order valence-corrected chi connectivity index (χ2v) is 3.22. The summed E-state index contributed by atoms with van der Waals surface area (Å²) in [6.45, 7) is 1.60. The van der Waals surface area contributed by atoms with Crippen LogP contribution in [0, 0.1) is 5.92 Å². The molecule has 0 aromatic carbocycles. The first-order chi connectivity index (χ1) is 6.95. The van der Waals surface area contributed by atoms with Gasteiger partial charge in [-0.25, -0.2) is 13.7 Å². The molecule has 2 atom stereocenters. The van der Waals surface area contributed by atoms with Gasteiger partial charge in [0.2, 0.25) is 5.91 Å². The van der Waals surface area contributed by atoms with Crippen LogP contribution in [0.3, 0.4) is 0 Å². The second-order valence-electron chi connectivity index (χ2n) is 3.22. The van der Waals surface area contributed by atoms with Gasteiger partial charge in [-0.1, -0.05) is 0 Å². The van der Waals surface area contributed by atoms with Crippen LogP contribution in [0.15, 0.2) is 0 Å². The van der Waals surface area contributed by atoms with E-state index in [9.17, 15) is 13.6 Å². The summed E-state index contributed by atoms with van der Waals surface area (Å²) in [4.78, 5) is 15.6. The number of carbonyl (C=O) groups is 1. The molecule has 2 unspecified atom stereocenters. The van der Waals surface area contributed by atoms with Gasteiger partial charge in [-0.2, -0.15) is 0 Å². The van der Waals surface area contributed by atoms with E-state index in [1.54, 1.807) is 11.9 Å². The number of hydrogen-bond donors (Lipinski definition) is 2. The van der Waals surface area contributed by atoms with E-state index >= 15 is 0 Å². The highest BCUT2D eigenvalue weighted by molar-refractivity contribution is 5.85. The molecule has 0 bridgehead atoms. The zero-order valence-corrected chi connectivity index (χ0v) is 8.69. The fraction of sp³-hybridized carbons (Fsp3) is 0.875.